The normalized spacial score (nSPS) is 37.2. The molecule has 3 atom stereocenters. The fraction of sp³-hybridized carbons (Fsp3) is 1.00. The Labute approximate surface area is 123 Å². The molecule has 2 saturated heterocycles. The number of nitrogens with one attached hydrogen (secondary N) is 1. The third-order valence-corrected chi connectivity index (χ3v) is 5.45. The van der Waals surface area contributed by atoms with Crippen LogP contribution in [0.4, 0.5) is 0 Å². The van der Waals surface area contributed by atoms with Crippen molar-refractivity contribution < 1.29 is 9.47 Å². The number of fused-ring (bicyclic) bond motifs is 1. The molecule has 20 heavy (non-hydrogen) atoms. The molecule has 3 fully saturated rings. The van der Waals surface area contributed by atoms with Gasteiger partial charge >= 0.3 is 0 Å². The molecule has 3 unspecified atom stereocenters. The highest BCUT2D eigenvalue weighted by molar-refractivity contribution is 5.10. The molecule has 0 aromatic carbocycles. The van der Waals surface area contributed by atoms with E-state index in [1.54, 1.807) is 0 Å². The summed E-state index contributed by atoms with van der Waals surface area (Å²) in [7, 11) is 0. The van der Waals surface area contributed by atoms with Crippen LogP contribution in [0, 0.1) is 11.3 Å². The summed E-state index contributed by atoms with van der Waals surface area (Å²) in [6.45, 7) is 12.0. The van der Waals surface area contributed by atoms with E-state index in [1.165, 1.54) is 25.8 Å². The number of hydrogen-bond acceptors (Lipinski definition) is 4. The second-order valence-corrected chi connectivity index (χ2v) is 7.16. The zero-order chi connectivity index (χ0) is 14.0. The molecular formula is C16H30N2O2. The molecular weight excluding hydrogens is 252 g/mol. The Morgan fingerprint density at radius 2 is 2.00 bits per heavy atom. The summed E-state index contributed by atoms with van der Waals surface area (Å²) < 4.78 is 11.3. The third kappa shape index (κ3) is 2.89. The van der Waals surface area contributed by atoms with E-state index in [4.69, 9.17) is 9.47 Å². The molecule has 116 valence electrons. The van der Waals surface area contributed by atoms with E-state index in [9.17, 15) is 0 Å². The molecule has 2 heterocycles. The number of nitrogens with zero attached hydrogens (tertiary/aromatic N) is 1. The van der Waals surface area contributed by atoms with Crippen molar-refractivity contribution in [2.45, 2.75) is 45.3 Å². The fourth-order valence-electron chi connectivity index (χ4n) is 4.32. The van der Waals surface area contributed by atoms with Crippen molar-refractivity contribution in [1.82, 2.24) is 10.2 Å². The van der Waals surface area contributed by atoms with Gasteiger partial charge in [-0.1, -0.05) is 13.8 Å². The molecule has 3 rings (SSSR count). The van der Waals surface area contributed by atoms with Crippen LogP contribution in [-0.4, -0.2) is 63.0 Å². The number of morpholine rings is 1. The molecule has 2 aliphatic heterocycles. The Kier molecular flexibility index (Phi) is 4.65. The molecule has 1 N–H and O–H groups in total. The van der Waals surface area contributed by atoms with Crippen LogP contribution in [-0.2, 0) is 9.47 Å². The average Bonchev–Trinajstić information content (AvgIpc) is 2.48. The zero-order valence-electron chi connectivity index (χ0n) is 13.1. The second kappa shape index (κ2) is 6.30. The van der Waals surface area contributed by atoms with E-state index < -0.39 is 0 Å². The second-order valence-electron chi connectivity index (χ2n) is 7.16. The van der Waals surface area contributed by atoms with Crippen molar-refractivity contribution in [3.63, 3.8) is 0 Å². The van der Waals surface area contributed by atoms with E-state index >= 15 is 0 Å². The van der Waals surface area contributed by atoms with Crippen LogP contribution in [0.25, 0.3) is 0 Å². The Hall–Kier alpha value is -0.160. The summed E-state index contributed by atoms with van der Waals surface area (Å²) >= 11 is 0. The van der Waals surface area contributed by atoms with Crippen molar-refractivity contribution in [2.24, 2.45) is 11.3 Å². The molecule has 0 aromatic heterocycles. The first-order valence-electron chi connectivity index (χ1n) is 8.34. The Balaban J connectivity index is 1.37. The zero-order valence-corrected chi connectivity index (χ0v) is 13.1. The Bertz CT molecular complexity index is 316. The van der Waals surface area contributed by atoms with Crippen LogP contribution in [0.1, 0.15) is 33.1 Å². The smallest absolute Gasteiger partial charge is 0.0684 e. The van der Waals surface area contributed by atoms with Crippen molar-refractivity contribution in [3.8, 4) is 0 Å². The average molecular weight is 282 g/mol. The minimum Gasteiger partial charge on any atom is -0.379 e. The summed E-state index contributed by atoms with van der Waals surface area (Å²) in [5.74, 6) is 0.752. The van der Waals surface area contributed by atoms with Crippen LogP contribution in [0.15, 0.2) is 0 Å². The summed E-state index contributed by atoms with van der Waals surface area (Å²) in [4.78, 5) is 2.52. The molecule has 0 radical (unpaired) electrons. The van der Waals surface area contributed by atoms with Gasteiger partial charge in [0.25, 0.3) is 0 Å². The lowest BCUT2D eigenvalue weighted by atomic mass is 9.55. The first kappa shape index (κ1) is 14.8. The van der Waals surface area contributed by atoms with Gasteiger partial charge in [-0.15, -0.1) is 0 Å². The van der Waals surface area contributed by atoms with Gasteiger partial charge < -0.3 is 14.8 Å². The largest absolute Gasteiger partial charge is 0.379 e. The maximum absolute atomic E-state index is 5.96. The predicted octanol–water partition coefficient (Wildman–Crippen LogP) is 1.50. The molecule has 3 aliphatic rings. The van der Waals surface area contributed by atoms with Crippen LogP contribution in [0.3, 0.4) is 0 Å². The van der Waals surface area contributed by atoms with E-state index in [1.807, 2.05) is 0 Å². The third-order valence-electron chi connectivity index (χ3n) is 5.45. The van der Waals surface area contributed by atoms with E-state index in [0.29, 0.717) is 17.6 Å². The molecule has 0 spiro atoms. The van der Waals surface area contributed by atoms with Gasteiger partial charge in [0.1, 0.15) is 0 Å². The highest BCUT2D eigenvalue weighted by Crippen LogP contribution is 2.51. The van der Waals surface area contributed by atoms with Crippen molar-refractivity contribution >= 4 is 0 Å². The standard InChI is InChI=1S/C16H30N2O2/c1-16(2)14(13-5-3-10-20-15(13)16)17-6-4-7-18-8-11-19-12-9-18/h13-15,17H,3-12H2,1-2H3. The molecule has 1 saturated carbocycles. The predicted molar refractivity (Wildman–Crippen MR) is 79.9 cm³/mol. The van der Waals surface area contributed by atoms with Crippen molar-refractivity contribution in [2.75, 3.05) is 46.0 Å². The SMILES string of the molecule is CC1(C)C(NCCCN2CCOCC2)C2CCCOC21. The quantitative estimate of drug-likeness (QED) is 0.775. The lowest BCUT2D eigenvalue weighted by Crippen LogP contribution is -2.69. The van der Waals surface area contributed by atoms with Gasteiger partial charge in [-0.3, -0.25) is 4.90 Å². The van der Waals surface area contributed by atoms with Gasteiger partial charge in [0.2, 0.25) is 0 Å². The van der Waals surface area contributed by atoms with Gasteiger partial charge in [-0.05, 0) is 32.4 Å². The summed E-state index contributed by atoms with van der Waals surface area (Å²) in [6, 6.07) is 0.650. The number of ether oxygens (including phenoxy) is 2. The highest BCUT2D eigenvalue weighted by Gasteiger charge is 2.57. The lowest BCUT2D eigenvalue weighted by molar-refractivity contribution is -0.192. The van der Waals surface area contributed by atoms with Gasteiger partial charge in [-0.2, -0.15) is 0 Å². The number of hydrogen-bond donors (Lipinski definition) is 1. The summed E-state index contributed by atoms with van der Waals surface area (Å²) in [5, 5.41) is 3.81. The Morgan fingerprint density at radius 1 is 1.20 bits per heavy atom. The van der Waals surface area contributed by atoms with E-state index in [2.05, 4.69) is 24.1 Å². The molecule has 1 aliphatic carbocycles. The van der Waals surface area contributed by atoms with E-state index in [0.717, 1.165) is 45.4 Å². The highest BCUT2D eigenvalue weighted by atomic mass is 16.5. The first-order valence-corrected chi connectivity index (χ1v) is 8.34. The summed E-state index contributed by atoms with van der Waals surface area (Å²) in [6.07, 6.45) is 4.32. The fourth-order valence-corrected chi connectivity index (χ4v) is 4.32. The maximum Gasteiger partial charge on any atom is 0.0684 e. The molecule has 0 amide bonds. The van der Waals surface area contributed by atoms with Gasteiger partial charge in [0.05, 0.1) is 19.3 Å². The van der Waals surface area contributed by atoms with Crippen molar-refractivity contribution in [3.05, 3.63) is 0 Å². The molecule has 4 heteroatoms. The van der Waals surface area contributed by atoms with E-state index in [-0.39, 0.29) is 0 Å². The topological polar surface area (TPSA) is 33.7 Å². The van der Waals surface area contributed by atoms with Crippen LogP contribution in [0.5, 0.6) is 0 Å². The number of rotatable bonds is 5. The minimum atomic E-state index is 0.310. The van der Waals surface area contributed by atoms with Crippen LogP contribution >= 0.6 is 0 Å². The lowest BCUT2D eigenvalue weighted by Gasteiger charge is -2.60. The monoisotopic (exact) mass is 282 g/mol. The molecule has 0 bridgehead atoms. The van der Waals surface area contributed by atoms with Gasteiger partial charge in [-0.25, -0.2) is 0 Å². The van der Waals surface area contributed by atoms with Crippen molar-refractivity contribution in [1.29, 1.82) is 0 Å². The maximum atomic E-state index is 5.96. The van der Waals surface area contributed by atoms with Gasteiger partial charge in [0, 0.05) is 37.1 Å². The molecule has 0 aromatic rings. The van der Waals surface area contributed by atoms with Crippen LogP contribution < -0.4 is 5.32 Å². The van der Waals surface area contributed by atoms with Gasteiger partial charge in [0.15, 0.2) is 0 Å². The molecule has 4 nitrogen and oxygen atoms in total. The minimum absolute atomic E-state index is 0.310. The van der Waals surface area contributed by atoms with Crippen LogP contribution in [0.2, 0.25) is 0 Å². The Morgan fingerprint density at radius 3 is 2.80 bits per heavy atom. The first-order chi connectivity index (χ1) is 9.69. The summed E-state index contributed by atoms with van der Waals surface area (Å²) in [5.41, 5.74) is 0.310.